The Hall–Kier alpha value is -1.86. The van der Waals surface area contributed by atoms with Gasteiger partial charge in [0.25, 0.3) is 0 Å². The lowest BCUT2D eigenvalue weighted by molar-refractivity contribution is 0.225. The van der Waals surface area contributed by atoms with Crippen LogP contribution in [-0.2, 0) is 22.9 Å². The van der Waals surface area contributed by atoms with Gasteiger partial charge in [0.1, 0.15) is 0 Å². The highest BCUT2D eigenvalue weighted by Crippen LogP contribution is 2.23. The predicted octanol–water partition coefficient (Wildman–Crippen LogP) is 5.54. The number of rotatable bonds is 11. The molecule has 0 spiro atoms. The molecule has 1 aliphatic rings. The second kappa shape index (κ2) is 11.5. The summed E-state index contributed by atoms with van der Waals surface area (Å²) in [5.74, 6) is 0. The van der Waals surface area contributed by atoms with Crippen molar-refractivity contribution in [2.45, 2.75) is 56.3 Å². The van der Waals surface area contributed by atoms with Crippen molar-refractivity contribution in [2.24, 2.45) is 0 Å². The number of hydrogen-bond donors (Lipinski definition) is 2. The normalized spacial score (nSPS) is 15.3. The lowest BCUT2D eigenvalue weighted by Crippen LogP contribution is -2.30. The van der Waals surface area contributed by atoms with Crippen LogP contribution in [0.5, 0.6) is 0 Å². The number of likely N-dealkylation sites (tertiary alicyclic amines) is 1. The standard InChI is InChI=1S/C26H34ClN3O2S/c27-23-11-14-26-25(19-23)22(20-28-26)8-6-15-29-33(31,32)24-12-9-21(10-13-24)7-2-5-18-30-16-3-1-4-17-30/h9-14,19-20,28-29H,1-8,15-18H2. The van der Waals surface area contributed by atoms with Crippen molar-refractivity contribution in [2.75, 3.05) is 26.2 Å². The fourth-order valence-electron chi connectivity index (χ4n) is 4.61. The molecule has 178 valence electrons. The van der Waals surface area contributed by atoms with Crippen molar-refractivity contribution >= 4 is 32.5 Å². The number of fused-ring (bicyclic) bond motifs is 1. The average Bonchev–Trinajstić information content (AvgIpc) is 3.22. The third-order valence-corrected chi connectivity index (χ3v) is 8.23. The summed E-state index contributed by atoms with van der Waals surface area (Å²) in [5.41, 5.74) is 3.39. The Morgan fingerprint density at radius 3 is 2.52 bits per heavy atom. The molecule has 0 aliphatic carbocycles. The molecule has 1 saturated heterocycles. The lowest BCUT2D eigenvalue weighted by atomic mass is 10.1. The number of halogens is 1. The Morgan fingerprint density at radius 2 is 1.73 bits per heavy atom. The van der Waals surface area contributed by atoms with Gasteiger partial charge in [-0.2, -0.15) is 0 Å². The lowest BCUT2D eigenvalue weighted by Gasteiger charge is -2.26. The highest BCUT2D eigenvalue weighted by atomic mass is 35.5. The molecule has 0 amide bonds. The number of unbranched alkanes of at least 4 members (excludes halogenated alkanes) is 1. The van der Waals surface area contributed by atoms with Crippen molar-refractivity contribution in [1.82, 2.24) is 14.6 Å². The molecule has 0 unspecified atom stereocenters. The van der Waals surface area contributed by atoms with Gasteiger partial charge in [-0.3, -0.25) is 0 Å². The summed E-state index contributed by atoms with van der Waals surface area (Å²) in [5, 5.41) is 1.80. The first-order valence-corrected chi connectivity index (χ1v) is 13.9. The fraction of sp³-hybridized carbons (Fsp3) is 0.462. The predicted molar refractivity (Wildman–Crippen MR) is 136 cm³/mol. The Balaban J connectivity index is 1.20. The maximum absolute atomic E-state index is 12.7. The zero-order chi connectivity index (χ0) is 23.1. The summed E-state index contributed by atoms with van der Waals surface area (Å²) in [4.78, 5) is 6.14. The van der Waals surface area contributed by atoms with E-state index in [4.69, 9.17) is 11.6 Å². The van der Waals surface area contributed by atoms with Gasteiger partial charge in [0.05, 0.1) is 4.90 Å². The number of piperidine rings is 1. The number of aromatic nitrogens is 1. The quantitative estimate of drug-likeness (QED) is 0.349. The van der Waals surface area contributed by atoms with Crippen LogP contribution < -0.4 is 4.72 Å². The van der Waals surface area contributed by atoms with Gasteiger partial charge in [-0.1, -0.05) is 30.2 Å². The maximum Gasteiger partial charge on any atom is 0.240 e. The zero-order valence-electron chi connectivity index (χ0n) is 19.2. The van der Waals surface area contributed by atoms with Crippen molar-refractivity contribution in [1.29, 1.82) is 0 Å². The number of sulfonamides is 1. The minimum absolute atomic E-state index is 0.332. The Labute approximate surface area is 202 Å². The fourth-order valence-corrected chi connectivity index (χ4v) is 5.86. The molecule has 0 atom stereocenters. The molecule has 33 heavy (non-hydrogen) atoms. The highest BCUT2D eigenvalue weighted by Gasteiger charge is 2.14. The van der Waals surface area contributed by atoms with E-state index < -0.39 is 10.0 Å². The van der Waals surface area contributed by atoms with E-state index in [2.05, 4.69) is 14.6 Å². The third-order valence-electron chi connectivity index (χ3n) is 6.52. The van der Waals surface area contributed by atoms with E-state index in [9.17, 15) is 8.42 Å². The molecule has 5 nitrogen and oxygen atoms in total. The molecule has 1 aromatic heterocycles. The second-order valence-corrected chi connectivity index (χ2v) is 11.2. The number of hydrogen-bond acceptors (Lipinski definition) is 3. The molecule has 0 saturated carbocycles. The first-order valence-electron chi connectivity index (χ1n) is 12.1. The van der Waals surface area contributed by atoms with Crippen molar-refractivity contribution in [3.05, 3.63) is 64.8 Å². The highest BCUT2D eigenvalue weighted by molar-refractivity contribution is 7.89. The molecule has 7 heteroatoms. The number of nitrogens with zero attached hydrogens (tertiary/aromatic N) is 1. The third kappa shape index (κ3) is 6.82. The van der Waals surface area contributed by atoms with Gasteiger partial charge in [0.15, 0.2) is 0 Å². The van der Waals surface area contributed by atoms with E-state index in [0.717, 1.165) is 35.7 Å². The monoisotopic (exact) mass is 487 g/mol. The molecule has 1 aliphatic heterocycles. The summed E-state index contributed by atoms with van der Waals surface area (Å²) in [7, 11) is -3.49. The number of H-pyrrole nitrogens is 1. The van der Waals surface area contributed by atoms with Gasteiger partial charge in [-0.25, -0.2) is 13.1 Å². The Kier molecular flexibility index (Phi) is 8.47. The van der Waals surface area contributed by atoms with Crippen LogP contribution in [0.2, 0.25) is 5.02 Å². The largest absolute Gasteiger partial charge is 0.361 e. The van der Waals surface area contributed by atoms with E-state index in [1.807, 2.05) is 36.5 Å². The Morgan fingerprint density at radius 1 is 0.939 bits per heavy atom. The van der Waals surface area contributed by atoms with Crippen molar-refractivity contribution in [3.8, 4) is 0 Å². The smallest absolute Gasteiger partial charge is 0.240 e. The minimum atomic E-state index is -3.49. The number of benzene rings is 2. The van der Waals surface area contributed by atoms with Gasteiger partial charge in [0.2, 0.25) is 10.0 Å². The topological polar surface area (TPSA) is 65.2 Å². The van der Waals surface area contributed by atoms with Gasteiger partial charge < -0.3 is 9.88 Å². The van der Waals surface area contributed by atoms with E-state index >= 15 is 0 Å². The van der Waals surface area contributed by atoms with Crippen LogP contribution in [0.3, 0.4) is 0 Å². The average molecular weight is 488 g/mol. The Bertz CT molecular complexity index is 1140. The van der Waals surface area contributed by atoms with Crippen LogP contribution in [-0.4, -0.2) is 44.5 Å². The molecule has 3 aromatic rings. The SMILES string of the molecule is O=S(=O)(NCCCc1c[nH]c2ccc(Cl)cc12)c1ccc(CCCCN2CCCCC2)cc1. The molecule has 2 N–H and O–H groups in total. The summed E-state index contributed by atoms with van der Waals surface area (Å²) >= 11 is 6.11. The minimum Gasteiger partial charge on any atom is -0.361 e. The summed E-state index contributed by atoms with van der Waals surface area (Å²) in [6, 6.07) is 13.1. The molecule has 0 bridgehead atoms. The number of nitrogens with one attached hydrogen (secondary N) is 2. The van der Waals surface area contributed by atoms with Gasteiger partial charge in [0, 0.05) is 28.7 Å². The van der Waals surface area contributed by atoms with Gasteiger partial charge >= 0.3 is 0 Å². The summed E-state index contributed by atoms with van der Waals surface area (Å²) in [6.07, 6.45) is 10.8. The van der Waals surface area contributed by atoms with Crippen LogP contribution in [0.4, 0.5) is 0 Å². The van der Waals surface area contributed by atoms with Gasteiger partial charge in [-0.15, -0.1) is 0 Å². The number of aryl methyl sites for hydroxylation is 2. The van der Waals surface area contributed by atoms with E-state index in [1.165, 1.54) is 50.9 Å². The van der Waals surface area contributed by atoms with Crippen LogP contribution in [0.25, 0.3) is 10.9 Å². The maximum atomic E-state index is 12.7. The summed E-state index contributed by atoms with van der Waals surface area (Å²) in [6.45, 7) is 4.07. The van der Waals surface area contributed by atoms with Crippen molar-refractivity contribution < 1.29 is 8.42 Å². The zero-order valence-corrected chi connectivity index (χ0v) is 20.7. The molecular formula is C26H34ClN3O2S. The first-order chi connectivity index (χ1) is 16.0. The molecule has 2 aromatic carbocycles. The molecular weight excluding hydrogens is 454 g/mol. The van der Waals surface area contributed by atoms with E-state index in [0.29, 0.717) is 22.9 Å². The van der Waals surface area contributed by atoms with E-state index in [-0.39, 0.29) is 0 Å². The van der Waals surface area contributed by atoms with Crippen LogP contribution in [0.15, 0.2) is 53.6 Å². The van der Waals surface area contributed by atoms with Crippen molar-refractivity contribution in [3.63, 3.8) is 0 Å². The number of aromatic amines is 1. The molecule has 2 heterocycles. The van der Waals surface area contributed by atoms with Crippen LogP contribution >= 0.6 is 11.6 Å². The molecule has 4 rings (SSSR count). The van der Waals surface area contributed by atoms with Gasteiger partial charge in [-0.05, 0) is 106 Å². The van der Waals surface area contributed by atoms with Crippen LogP contribution in [0, 0.1) is 0 Å². The van der Waals surface area contributed by atoms with Crippen LogP contribution in [0.1, 0.15) is 49.7 Å². The molecule has 0 radical (unpaired) electrons. The summed E-state index contributed by atoms with van der Waals surface area (Å²) < 4.78 is 28.0. The first kappa shape index (κ1) is 24.3. The van der Waals surface area contributed by atoms with E-state index in [1.54, 1.807) is 12.1 Å². The second-order valence-electron chi connectivity index (χ2n) is 9.01. The molecule has 1 fully saturated rings.